The molecule has 0 saturated carbocycles. The molecule has 7 heteroatoms. The van der Waals surface area contributed by atoms with Crippen molar-refractivity contribution in [1.82, 2.24) is 8.87 Å². The highest BCUT2D eigenvalue weighted by Crippen LogP contribution is 2.37. The van der Waals surface area contributed by atoms with Crippen molar-refractivity contribution >= 4 is 26.0 Å². The first-order valence-corrected chi connectivity index (χ1v) is 10.8. The van der Waals surface area contributed by atoms with Gasteiger partial charge >= 0.3 is 0 Å². The van der Waals surface area contributed by atoms with E-state index in [-0.39, 0.29) is 10.9 Å². The van der Waals surface area contributed by atoms with Gasteiger partial charge in [0, 0.05) is 29.5 Å². The lowest BCUT2D eigenvalue weighted by Gasteiger charge is -2.36. The van der Waals surface area contributed by atoms with Gasteiger partial charge in [0.05, 0.1) is 18.0 Å². The van der Waals surface area contributed by atoms with Crippen molar-refractivity contribution in [3.05, 3.63) is 82.6 Å². The van der Waals surface area contributed by atoms with E-state index in [2.05, 4.69) is 20.5 Å². The van der Waals surface area contributed by atoms with E-state index in [9.17, 15) is 8.42 Å². The number of ether oxygens (including phenoxy) is 1. The molecule has 2 heterocycles. The maximum atomic E-state index is 13.4. The molecule has 3 aromatic rings. The predicted octanol–water partition coefficient (Wildman–Crippen LogP) is 4.05. The molecular weight excluding hydrogens is 428 g/mol. The van der Waals surface area contributed by atoms with Crippen LogP contribution in [0.25, 0.3) is 0 Å². The van der Waals surface area contributed by atoms with E-state index in [1.807, 2.05) is 42.6 Å². The molecule has 0 bridgehead atoms. The van der Waals surface area contributed by atoms with Crippen LogP contribution in [0.1, 0.15) is 17.3 Å². The Bertz CT molecular complexity index is 1040. The van der Waals surface area contributed by atoms with Crippen LogP contribution in [0.2, 0.25) is 0 Å². The maximum absolute atomic E-state index is 13.4. The number of hydrogen-bond acceptors (Lipinski definition) is 3. The molecule has 4 rings (SSSR count). The molecule has 0 spiro atoms. The van der Waals surface area contributed by atoms with Gasteiger partial charge in [-0.15, -0.1) is 0 Å². The summed E-state index contributed by atoms with van der Waals surface area (Å²) in [6, 6.07) is 17.9. The summed E-state index contributed by atoms with van der Waals surface area (Å²) in [7, 11) is -2.10. The number of nitrogens with zero attached hydrogens (tertiary/aromatic N) is 2. The molecule has 1 aliphatic rings. The quantitative estimate of drug-likeness (QED) is 0.607. The summed E-state index contributed by atoms with van der Waals surface area (Å²) in [4.78, 5) is 0.269. The van der Waals surface area contributed by atoms with Crippen molar-refractivity contribution in [3.63, 3.8) is 0 Å². The van der Waals surface area contributed by atoms with Crippen molar-refractivity contribution in [1.29, 1.82) is 0 Å². The van der Waals surface area contributed by atoms with Gasteiger partial charge in [-0.2, -0.15) is 4.31 Å². The lowest BCUT2D eigenvalue weighted by Crippen LogP contribution is -2.42. The summed E-state index contributed by atoms with van der Waals surface area (Å²) in [5.41, 5.74) is 1.91. The number of methoxy groups -OCH3 is 1. The molecule has 5 nitrogen and oxygen atoms in total. The van der Waals surface area contributed by atoms with Gasteiger partial charge in [-0.3, -0.25) is 0 Å². The standard InChI is InChI=1S/C20H19BrN2O3S/c1-26-17-8-10-18(11-9-17)27(24,25)23-14-13-22-12-2-3-19(22)20(23)15-4-6-16(21)7-5-15/h2-12,20H,13-14H2,1H3/t20-/m0/s1. The lowest BCUT2D eigenvalue weighted by molar-refractivity contribution is 0.298. The average Bonchev–Trinajstić information content (AvgIpc) is 3.17. The Balaban J connectivity index is 1.80. The van der Waals surface area contributed by atoms with Crippen LogP contribution in [0.4, 0.5) is 0 Å². The van der Waals surface area contributed by atoms with E-state index in [1.54, 1.807) is 35.7 Å². The summed E-state index contributed by atoms with van der Waals surface area (Å²) < 4.78 is 36.7. The summed E-state index contributed by atoms with van der Waals surface area (Å²) in [6.45, 7) is 1.04. The van der Waals surface area contributed by atoms with Crippen LogP contribution in [0.5, 0.6) is 5.75 Å². The molecule has 0 aliphatic carbocycles. The lowest BCUT2D eigenvalue weighted by atomic mass is 10.0. The minimum absolute atomic E-state index is 0.269. The molecule has 2 aromatic carbocycles. The maximum Gasteiger partial charge on any atom is 0.244 e. The van der Waals surface area contributed by atoms with Gasteiger partial charge < -0.3 is 9.30 Å². The van der Waals surface area contributed by atoms with E-state index < -0.39 is 10.0 Å². The first kappa shape index (κ1) is 18.3. The Morgan fingerprint density at radius 2 is 1.70 bits per heavy atom. The van der Waals surface area contributed by atoms with Gasteiger partial charge in [0.2, 0.25) is 10.0 Å². The molecule has 1 aromatic heterocycles. The van der Waals surface area contributed by atoms with Gasteiger partial charge in [-0.25, -0.2) is 8.42 Å². The zero-order chi connectivity index (χ0) is 19.0. The van der Waals surface area contributed by atoms with Crippen LogP contribution in [0, 0.1) is 0 Å². The zero-order valence-corrected chi connectivity index (χ0v) is 17.2. The third-order valence-electron chi connectivity index (χ3n) is 4.85. The monoisotopic (exact) mass is 446 g/mol. The number of sulfonamides is 1. The van der Waals surface area contributed by atoms with E-state index >= 15 is 0 Å². The summed E-state index contributed by atoms with van der Waals surface area (Å²) in [5.74, 6) is 0.630. The molecule has 0 radical (unpaired) electrons. The first-order valence-electron chi connectivity index (χ1n) is 8.57. The highest BCUT2D eigenvalue weighted by atomic mass is 79.9. The van der Waals surface area contributed by atoms with Crippen molar-refractivity contribution in [2.75, 3.05) is 13.7 Å². The molecule has 1 atom stereocenters. The minimum Gasteiger partial charge on any atom is -0.497 e. The smallest absolute Gasteiger partial charge is 0.244 e. The van der Waals surface area contributed by atoms with Crippen molar-refractivity contribution in [3.8, 4) is 5.75 Å². The van der Waals surface area contributed by atoms with Crippen molar-refractivity contribution in [2.24, 2.45) is 0 Å². The first-order chi connectivity index (χ1) is 13.0. The van der Waals surface area contributed by atoms with E-state index in [0.29, 0.717) is 18.8 Å². The van der Waals surface area contributed by atoms with Crippen LogP contribution in [0.3, 0.4) is 0 Å². The number of halogens is 1. The number of aromatic nitrogens is 1. The van der Waals surface area contributed by atoms with Crippen molar-refractivity contribution in [2.45, 2.75) is 17.5 Å². The van der Waals surface area contributed by atoms with E-state index in [1.165, 1.54) is 0 Å². The molecule has 140 valence electrons. The molecular formula is C20H19BrN2O3S. The molecule has 0 N–H and O–H groups in total. The number of benzene rings is 2. The molecule has 0 fully saturated rings. The fraction of sp³-hybridized carbons (Fsp3) is 0.200. The molecule has 0 amide bonds. The van der Waals surface area contributed by atoms with Crippen molar-refractivity contribution < 1.29 is 13.2 Å². The second-order valence-corrected chi connectivity index (χ2v) is 9.18. The van der Waals surface area contributed by atoms with Gasteiger partial charge in [0.25, 0.3) is 0 Å². The topological polar surface area (TPSA) is 51.5 Å². The third kappa shape index (κ3) is 3.31. The van der Waals surface area contributed by atoms with Crippen LogP contribution < -0.4 is 4.74 Å². The minimum atomic E-state index is -3.66. The molecule has 0 unspecified atom stereocenters. The number of fused-ring (bicyclic) bond motifs is 1. The Hall–Kier alpha value is -2.09. The Morgan fingerprint density at radius 1 is 1.00 bits per heavy atom. The molecule has 27 heavy (non-hydrogen) atoms. The summed E-state index contributed by atoms with van der Waals surface area (Å²) in [6.07, 6.45) is 2.00. The van der Waals surface area contributed by atoms with Crippen LogP contribution in [0.15, 0.2) is 76.2 Å². The van der Waals surface area contributed by atoms with Gasteiger partial charge in [0.1, 0.15) is 5.75 Å². The fourth-order valence-electron chi connectivity index (χ4n) is 3.49. The van der Waals surface area contributed by atoms with Gasteiger partial charge in [0.15, 0.2) is 0 Å². The Labute approximate surface area is 167 Å². The second kappa shape index (κ2) is 7.14. The molecule has 0 saturated heterocycles. The zero-order valence-electron chi connectivity index (χ0n) is 14.7. The Kier molecular flexibility index (Phi) is 4.84. The van der Waals surface area contributed by atoms with Crippen LogP contribution >= 0.6 is 15.9 Å². The largest absolute Gasteiger partial charge is 0.497 e. The summed E-state index contributed by atoms with van der Waals surface area (Å²) in [5, 5.41) is 0. The van der Waals surface area contributed by atoms with Crippen LogP contribution in [-0.2, 0) is 16.6 Å². The summed E-state index contributed by atoms with van der Waals surface area (Å²) >= 11 is 3.45. The molecule has 1 aliphatic heterocycles. The predicted molar refractivity (Wildman–Crippen MR) is 107 cm³/mol. The van der Waals surface area contributed by atoms with Gasteiger partial charge in [-0.05, 0) is 54.1 Å². The van der Waals surface area contributed by atoms with Gasteiger partial charge in [-0.1, -0.05) is 28.1 Å². The Morgan fingerprint density at radius 3 is 2.37 bits per heavy atom. The third-order valence-corrected chi connectivity index (χ3v) is 7.25. The SMILES string of the molecule is COc1ccc(S(=O)(=O)N2CCn3cccc3[C@@H]2c2ccc(Br)cc2)cc1. The second-order valence-electron chi connectivity index (χ2n) is 6.37. The average molecular weight is 447 g/mol. The van der Waals surface area contributed by atoms with E-state index in [4.69, 9.17) is 4.74 Å². The number of rotatable bonds is 4. The normalized spacial score (nSPS) is 17.5. The highest BCUT2D eigenvalue weighted by Gasteiger charge is 2.37. The van der Waals surface area contributed by atoms with Crippen LogP contribution in [-0.4, -0.2) is 30.9 Å². The number of hydrogen-bond donors (Lipinski definition) is 0. The highest BCUT2D eigenvalue weighted by molar-refractivity contribution is 9.10. The fourth-order valence-corrected chi connectivity index (χ4v) is 5.33. The van der Waals surface area contributed by atoms with E-state index in [0.717, 1.165) is 15.7 Å².